The highest BCUT2D eigenvalue weighted by atomic mass is 16.3. The van der Waals surface area contributed by atoms with E-state index in [0.29, 0.717) is 19.4 Å². The fraction of sp³-hybridized carbons (Fsp3) is 0.556. The normalized spacial score (nSPS) is 27.5. The first-order valence-electron chi connectivity index (χ1n) is 4.31. The number of carbonyl (C=O) groups excluding carboxylic acids is 1. The third-order valence-electron chi connectivity index (χ3n) is 2.06. The van der Waals surface area contributed by atoms with Crippen molar-refractivity contribution in [1.82, 2.24) is 4.90 Å². The van der Waals surface area contributed by atoms with Crippen LogP contribution in [0.5, 0.6) is 0 Å². The molecule has 0 saturated heterocycles. The van der Waals surface area contributed by atoms with Gasteiger partial charge in [-0.2, -0.15) is 0 Å². The number of nitrogens with zero attached hydrogens (tertiary/aromatic N) is 1. The minimum absolute atomic E-state index is 0.0561. The van der Waals surface area contributed by atoms with E-state index in [2.05, 4.69) is 0 Å². The molecule has 4 heteroatoms. The average molecular weight is 184 g/mol. The molecule has 0 bridgehead atoms. The van der Waals surface area contributed by atoms with Crippen molar-refractivity contribution in [3.05, 3.63) is 19.3 Å². The Balaban J connectivity index is 2.40. The van der Waals surface area contributed by atoms with Gasteiger partial charge in [-0.25, -0.2) is 0 Å². The van der Waals surface area contributed by atoms with E-state index in [9.17, 15) is 9.90 Å². The molecule has 2 N–H and O–H groups in total. The second kappa shape index (κ2) is 5.19. The van der Waals surface area contributed by atoms with Crippen molar-refractivity contribution in [2.45, 2.75) is 18.6 Å². The Hall–Kier alpha value is -0.610. The summed E-state index contributed by atoms with van der Waals surface area (Å²) < 4.78 is 0. The third kappa shape index (κ3) is 2.67. The lowest BCUT2D eigenvalue weighted by atomic mass is 10.2. The van der Waals surface area contributed by atoms with E-state index in [-0.39, 0.29) is 12.6 Å². The molecule has 3 radical (unpaired) electrons. The first-order valence-corrected chi connectivity index (χ1v) is 4.31. The topological polar surface area (TPSA) is 60.8 Å². The molecule has 73 valence electrons. The van der Waals surface area contributed by atoms with Crippen molar-refractivity contribution >= 4 is 6.41 Å². The summed E-state index contributed by atoms with van der Waals surface area (Å²) in [5, 5.41) is 18.0. The van der Waals surface area contributed by atoms with Gasteiger partial charge in [0.2, 0.25) is 6.41 Å². The second-order valence-electron chi connectivity index (χ2n) is 2.98. The van der Waals surface area contributed by atoms with Gasteiger partial charge < -0.3 is 15.1 Å². The van der Waals surface area contributed by atoms with Crippen LogP contribution >= 0.6 is 0 Å². The van der Waals surface area contributed by atoms with Gasteiger partial charge in [0, 0.05) is 13.2 Å². The Bertz CT molecular complexity index is 163. The summed E-state index contributed by atoms with van der Waals surface area (Å²) in [5.41, 5.74) is 0. The van der Waals surface area contributed by atoms with E-state index in [1.54, 1.807) is 19.3 Å². The van der Waals surface area contributed by atoms with Crippen molar-refractivity contribution in [3.8, 4) is 0 Å². The average Bonchev–Trinajstić information content (AvgIpc) is 2.54. The van der Waals surface area contributed by atoms with Crippen LogP contribution in [0.3, 0.4) is 0 Å². The predicted octanol–water partition coefficient (Wildman–Crippen LogP) is -0.817. The number of aliphatic hydroxyl groups is 2. The molecular formula is C9H14NO3. The van der Waals surface area contributed by atoms with Crippen molar-refractivity contribution in [3.63, 3.8) is 0 Å². The van der Waals surface area contributed by atoms with Crippen molar-refractivity contribution < 1.29 is 15.0 Å². The molecule has 1 rings (SSSR count). The van der Waals surface area contributed by atoms with Crippen molar-refractivity contribution in [2.24, 2.45) is 0 Å². The van der Waals surface area contributed by atoms with Crippen LogP contribution in [0.2, 0.25) is 0 Å². The molecule has 1 saturated carbocycles. The predicted molar refractivity (Wildman–Crippen MR) is 47.2 cm³/mol. The van der Waals surface area contributed by atoms with Gasteiger partial charge >= 0.3 is 0 Å². The highest BCUT2D eigenvalue weighted by Gasteiger charge is 2.30. The Morgan fingerprint density at radius 1 is 1.46 bits per heavy atom. The Morgan fingerprint density at radius 2 is 2.23 bits per heavy atom. The molecule has 1 aliphatic carbocycles. The summed E-state index contributed by atoms with van der Waals surface area (Å²) in [6, 6.07) is -0.260. The zero-order valence-electron chi connectivity index (χ0n) is 7.34. The quantitative estimate of drug-likeness (QED) is 0.549. The molecular weight excluding hydrogens is 170 g/mol. The van der Waals surface area contributed by atoms with E-state index in [1.807, 2.05) is 0 Å². The summed E-state index contributed by atoms with van der Waals surface area (Å²) in [4.78, 5) is 12.1. The number of hydrogen-bond donors (Lipinski definition) is 2. The maximum absolute atomic E-state index is 10.6. The minimum Gasteiger partial charge on any atom is -0.396 e. The summed E-state index contributed by atoms with van der Waals surface area (Å²) in [6.07, 6.45) is 5.79. The maximum atomic E-state index is 10.6. The van der Waals surface area contributed by atoms with Gasteiger partial charge in [-0.05, 0) is 25.7 Å². The smallest absolute Gasteiger partial charge is 0.210 e. The SMILES string of the molecule is O=CN(CCCO)[C@@H]1[CH][CH][CH][C@H]1O. The molecule has 1 fully saturated rings. The highest BCUT2D eigenvalue weighted by molar-refractivity contribution is 5.49. The number of hydrogen-bond acceptors (Lipinski definition) is 3. The van der Waals surface area contributed by atoms with Crippen LogP contribution < -0.4 is 0 Å². The standard InChI is InChI=1S/C9H14NO3/c11-6-2-5-10(7-12)8-3-1-4-9(8)13/h1,3-4,7-9,11,13H,2,5-6H2/t8-,9-/m1/s1. The zero-order chi connectivity index (χ0) is 9.68. The summed E-state index contributed by atoms with van der Waals surface area (Å²) in [6.45, 7) is 0.528. The second-order valence-corrected chi connectivity index (χ2v) is 2.98. The van der Waals surface area contributed by atoms with Crippen LogP contribution in [-0.2, 0) is 4.79 Å². The molecule has 0 unspecified atom stereocenters. The monoisotopic (exact) mass is 184 g/mol. The molecule has 13 heavy (non-hydrogen) atoms. The van der Waals surface area contributed by atoms with Crippen LogP contribution in [0.4, 0.5) is 0 Å². The van der Waals surface area contributed by atoms with E-state index < -0.39 is 6.10 Å². The van der Waals surface area contributed by atoms with Gasteiger partial charge in [0.25, 0.3) is 0 Å². The molecule has 1 aliphatic rings. The molecule has 2 atom stereocenters. The molecule has 1 amide bonds. The van der Waals surface area contributed by atoms with Crippen LogP contribution in [0.15, 0.2) is 0 Å². The number of carbonyl (C=O) groups is 1. The minimum atomic E-state index is -0.608. The summed E-state index contributed by atoms with van der Waals surface area (Å²) in [7, 11) is 0. The lowest BCUT2D eigenvalue weighted by Crippen LogP contribution is -2.40. The Labute approximate surface area is 78.2 Å². The van der Waals surface area contributed by atoms with Gasteiger partial charge in [-0.3, -0.25) is 4.79 Å². The highest BCUT2D eigenvalue weighted by Crippen LogP contribution is 2.20. The van der Waals surface area contributed by atoms with E-state index in [1.165, 1.54) is 4.90 Å². The number of amides is 1. The van der Waals surface area contributed by atoms with E-state index >= 15 is 0 Å². The first kappa shape index (κ1) is 10.5. The molecule has 0 heterocycles. The van der Waals surface area contributed by atoms with Gasteiger partial charge in [-0.15, -0.1) is 0 Å². The molecule has 0 aromatic rings. The van der Waals surface area contributed by atoms with Crippen molar-refractivity contribution in [1.29, 1.82) is 0 Å². The number of rotatable bonds is 5. The molecule has 0 aliphatic heterocycles. The molecule has 0 aromatic carbocycles. The Morgan fingerprint density at radius 3 is 2.69 bits per heavy atom. The van der Waals surface area contributed by atoms with Crippen LogP contribution in [-0.4, -0.2) is 46.8 Å². The number of aliphatic hydroxyl groups excluding tert-OH is 2. The van der Waals surface area contributed by atoms with Crippen LogP contribution in [0.25, 0.3) is 0 Å². The maximum Gasteiger partial charge on any atom is 0.210 e. The third-order valence-corrected chi connectivity index (χ3v) is 2.06. The van der Waals surface area contributed by atoms with Gasteiger partial charge in [-0.1, -0.05) is 0 Å². The lowest BCUT2D eigenvalue weighted by molar-refractivity contribution is -0.121. The largest absolute Gasteiger partial charge is 0.396 e. The van der Waals surface area contributed by atoms with Gasteiger partial charge in [0.1, 0.15) is 0 Å². The van der Waals surface area contributed by atoms with E-state index in [4.69, 9.17) is 5.11 Å². The molecule has 0 aromatic heterocycles. The fourth-order valence-corrected chi connectivity index (χ4v) is 1.35. The van der Waals surface area contributed by atoms with Crippen LogP contribution in [0, 0.1) is 19.3 Å². The fourth-order valence-electron chi connectivity index (χ4n) is 1.35. The lowest BCUT2D eigenvalue weighted by Gasteiger charge is -2.26. The molecule has 0 spiro atoms. The Kier molecular flexibility index (Phi) is 4.18. The van der Waals surface area contributed by atoms with E-state index in [0.717, 1.165) is 0 Å². The molecule has 4 nitrogen and oxygen atoms in total. The zero-order valence-corrected chi connectivity index (χ0v) is 7.34. The first-order chi connectivity index (χ1) is 6.29. The van der Waals surface area contributed by atoms with Gasteiger partial charge in [0.15, 0.2) is 0 Å². The summed E-state index contributed by atoms with van der Waals surface area (Å²) >= 11 is 0. The van der Waals surface area contributed by atoms with Crippen LogP contribution in [0.1, 0.15) is 6.42 Å². The van der Waals surface area contributed by atoms with Gasteiger partial charge in [0.05, 0.1) is 12.1 Å². The van der Waals surface area contributed by atoms with Crippen molar-refractivity contribution in [2.75, 3.05) is 13.2 Å². The summed E-state index contributed by atoms with van der Waals surface area (Å²) in [5.74, 6) is 0.